The van der Waals surface area contributed by atoms with Crippen LogP contribution in [0.1, 0.15) is 79.6 Å². The van der Waals surface area contributed by atoms with E-state index in [1.54, 1.807) is 31.5 Å². The molecule has 1 unspecified atom stereocenters. The predicted molar refractivity (Wildman–Crippen MR) is 136 cm³/mol. The molecule has 36 heavy (non-hydrogen) atoms. The van der Waals surface area contributed by atoms with Gasteiger partial charge in [-0.15, -0.1) is 0 Å². The molecule has 0 aliphatic carbocycles. The van der Waals surface area contributed by atoms with E-state index in [1.165, 1.54) is 11.0 Å². The number of carbonyl (C=O) groups is 1. The second-order valence-corrected chi connectivity index (χ2v) is 9.69. The molecule has 0 spiro atoms. The molecule has 0 bridgehead atoms. The van der Waals surface area contributed by atoms with Crippen LogP contribution >= 0.6 is 11.6 Å². The molecular formula is C26H32ClF3N4O2. The molecular weight excluding hydrogens is 493 g/mol. The van der Waals surface area contributed by atoms with E-state index < -0.39 is 42.5 Å². The van der Waals surface area contributed by atoms with Crippen molar-refractivity contribution in [3.05, 3.63) is 57.9 Å². The normalized spacial score (nSPS) is 16.6. The van der Waals surface area contributed by atoms with Crippen LogP contribution in [0.25, 0.3) is 11.9 Å². The summed E-state index contributed by atoms with van der Waals surface area (Å²) in [6.45, 7) is 12.4. The summed E-state index contributed by atoms with van der Waals surface area (Å²) in [5.41, 5.74) is 7.68. The molecule has 10 heteroatoms. The van der Waals surface area contributed by atoms with E-state index in [0.29, 0.717) is 28.5 Å². The number of alkyl halides is 2. The first-order valence-corrected chi connectivity index (χ1v) is 12.2. The van der Waals surface area contributed by atoms with Gasteiger partial charge < -0.3 is 19.9 Å². The molecule has 1 aliphatic heterocycles. The van der Waals surface area contributed by atoms with Gasteiger partial charge in [0.25, 0.3) is 11.8 Å². The number of imidazole rings is 1. The molecule has 2 N–H and O–H groups in total. The van der Waals surface area contributed by atoms with Crippen molar-refractivity contribution >= 4 is 29.4 Å². The minimum absolute atomic E-state index is 0.0162. The molecule has 1 amide bonds. The molecule has 1 saturated heterocycles. The number of likely N-dealkylation sites (tertiary alicyclic amines) is 1. The zero-order valence-corrected chi connectivity index (χ0v) is 21.9. The lowest BCUT2D eigenvalue weighted by molar-refractivity contribution is -0.0495. The SMILES string of the molecule is C=C(N)c1c(C)nc(C(C)c2cc(Cl)c(F)c(C(=O)N3CCC(F)(F)CC3)c2OC(C)C)n1/C=C\C. The van der Waals surface area contributed by atoms with Crippen LogP contribution in [-0.4, -0.2) is 45.5 Å². The maximum atomic E-state index is 15.4. The van der Waals surface area contributed by atoms with E-state index in [2.05, 4.69) is 11.6 Å². The van der Waals surface area contributed by atoms with Gasteiger partial charge in [-0.05, 0) is 33.8 Å². The van der Waals surface area contributed by atoms with Crippen LogP contribution in [0.3, 0.4) is 0 Å². The van der Waals surface area contributed by atoms with Crippen molar-refractivity contribution in [2.24, 2.45) is 5.73 Å². The van der Waals surface area contributed by atoms with Gasteiger partial charge >= 0.3 is 0 Å². The molecule has 1 fully saturated rings. The fourth-order valence-electron chi connectivity index (χ4n) is 4.40. The fraction of sp³-hybridized carbons (Fsp3) is 0.462. The van der Waals surface area contributed by atoms with Gasteiger partial charge in [0, 0.05) is 43.6 Å². The third-order valence-corrected chi connectivity index (χ3v) is 6.39. The highest BCUT2D eigenvalue weighted by molar-refractivity contribution is 6.31. The number of aryl methyl sites for hydroxylation is 1. The lowest BCUT2D eigenvalue weighted by atomic mass is 9.94. The average molecular weight is 525 g/mol. The summed E-state index contributed by atoms with van der Waals surface area (Å²) < 4.78 is 50.6. The number of ether oxygens (including phenoxy) is 1. The fourth-order valence-corrected chi connectivity index (χ4v) is 4.61. The van der Waals surface area contributed by atoms with Crippen molar-refractivity contribution in [2.75, 3.05) is 13.1 Å². The zero-order valence-electron chi connectivity index (χ0n) is 21.2. The van der Waals surface area contributed by atoms with E-state index >= 15 is 4.39 Å². The lowest BCUT2D eigenvalue weighted by Gasteiger charge is -2.33. The van der Waals surface area contributed by atoms with E-state index in [-0.39, 0.29) is 29.4 Å². The highest BCUT2D eigenvalue weighted by atomic mass is 35.5. The number of rotatable bonds is 7. The molecule has 1 aromatic carbocycles. The topological polar surface area (TPSA) is 73.4 Å². The van der Waals surface area contributed by atoms with Crippen LogP contribution in [0, 0.1) is 12.7 Å². The quantitative estimate of drug-likeness (QED) is 0.467. The molecule has 6 nitrogen and oxygen atoms in total. The third-order valence-electron chi connectivity index (χ3n) is 6.12. The Morgan fingerprint density at radius 2 is 1.92 bits per heavy atom. The van der Waals surface area contributed by atoms with Gasteiger partial charge in [-0.3, -0.25) is 4.79 Å². The Bertz CT molecular complexity index is 1200. The first-order valence-electron chi connectivity index (χ1n) is 11.8. The third kappa shape index (κ3) is 5.40. The predicted octanol–water partition coefficient (Wildman–Crippen LogP) is 6.21. The highest BCUT2D eigenvalue weighted by Gasteiger charge is 2.38. The minimum atomic E-state index is -2.85. The van der Waals surface area contributed by atoms with Crippen LogP contribution < -0.4 is 10.5 Å². The van der Waals surface area contributed by atoms with E-state index in [0.717, 1.165) is 0 Å². The van der Waals surface area contributed by atoms with Gasteiger partial charge in [0.2, 0.25) is 0 Å². The molecule has 3 rings (SSSR count). The summed E-state index contributed by atoms with van der Waals surface area (Å²) in [6.07, 6.45) is 2.21. The van der Waals surface area contributed by atoms with Crippen molar-refractivity contribution in [1.29, 1.82) is 0 Å². The first kappa shape index (κ1) is 27.6. The number of carbonyl (C=O) groups excluding carboxylic acids is 1. The standard InChI is InChI=1S/C26H32ClF3N4O2/c1-7-10-34-22(16(5)31)17(6)32-24(34)15(4)18-13-19(27)21(28)20(23(18)36-14(2)3)25(35)33-11-8-26(29,30)9-12-33/h7,10,13-15H,5,8-9,11-12,31H2,1-4,6H3/b10-7-. The number of nitrogens with zero attached hydrogens (tertiary/aromatic N) is 3. The van der Waals surface area contributed by atoms with E-state index in [1.807, 2.05) is 19.9 Å². The number of benzene rings is 1. The van der Waals surface area contributed by atoms with Gasteiger partial charge in [0.1, 0.15) is 17.1 Å². The Hall–Kier alpha value is -2.94. The molecule has 2 aromatic rings. The summed E-state index contributed by atoms with van der Waals surface area (Å²) in [7, 11) is 0. The number of amides is 1. The maximum absolute atomic E-state index is 15.4. The van der Waals surface area contributed by atoms with Crippen molar-refractivity contribution < 1.29 is 22.7 Å². The Labute approximate surface area is 214 Å². The smallest absolute Gasteiger partial charge is 0.260 e. The molecule has 1 aromatic heterocycles. The Balaban J connectivity index is 2.20. The largest absolute Gasteiger partial charge is 0.490 e. The molecule has 0 radical (unpaired) electrons. The molecule has 196 valence electrons. The number of piperidine rings is 1. The molecule has 1 atom stereocenters. The number of nitrogens with two attached hydrogens (primary N) is 1. The number of hydrogen-bond donors (Lipinski definition) is 1. The summed E-state index contributed by atoms with van der Waals surface area (Å²) in [6, 6.07) is 1.42. The zero-order chi connectivity index (χ0) is 26.9. The van der Waals surface area contributed by atoms with Gasteiger partial charge in [0.15, 0.2) is 5.82 Å². The second-order valence-electron chi connectivity index (χ2n) is 9.28. The van der Waals surface area contributed by atoms with E-state index in [4.69, 9.17) is 22.1 Å². The molecule has 1 aliphatic rings. The van der Waals surface area contributed by atoms with Crippen LogP contribution in [0.5, 0.6) is 5.75 Å². The van der Waals surface area contributed by atoms with Gasteiger partial charge in [-0.2, -0.15) is 0 Å². The first-order chi connectivity index (χ1) is 16.8. The summed E-state index contributed by atoms with van der Waals surface area (Å²) in [4.78, 5) is 19.4. The van der Waals surface area contributed by atoms with E-state index in [9.17, 15) is 13.6 Å². The van der Waals surface area contributed by atoms with Crippen LogP contribution in [0.2, 0.25) is 5.02 Å². The average Bonchev–Trinajstić information content (AvgIpc) is 3.11. The molecule has 0 saturated carbocycles. The lowest BCUT2D eigenvalue weighted by Crippen LogP contribution is -2.43. The van der Waals surface area contributed by atoms with Gasteiger partial charge in [-0.25, -0.2) is 18.2 Å². The highest BCUT2D eigenvalue weighted by Crippen LogP contribution is 2.41. The Kier molecular flexibility index (Phi) is 8.13. The maximum Gasteiger partial charge on any atom is 0.260 e. The Morgan fingerprint density at radius 3 is 2.44 bits per heavy atom. The number of aromatic nitrogens is 2. The van der Waals surface area contributed by atoms with Crippen molar-refractivity contribution in [1.82, 2.24) is 14.5 Å². The van der Waals surface area contributed by atoms with Crippen LogP contribution in [0.15, 0.2) is 18.7 Å². The molecule has 2 heterocycles. The summed E-state index contributed by atoms with van der Waals surface area (Å²) in [5.74, 6) is -4.49. The van der Waals surface area contributed by atoms with Crippen molar-refractivity contribution in [3.8, 4) is 5.75 Å². The number of halogens is 4. The van der Waals surface area contributed by atoms with Gasteiger partial charge in [0.05, 0.1) is 28.2 Å². The summed E-state index contributed by atoms with van der Waals surface area (Å²) >= 11 is 6.28. The van der Waals surface area contributed by atoms with Gasteiger partial charge in [-0.1, -0.05) is 31.2 Å². The van der Waals surface area contributed by atoms with Crippen LogP contribution in [-0.2, 0) is 0 Å². The van der Waals surface area contributed by atoms with Crippen molar-refractivity contribution in [3.63, 3.8) is 0 Å². The van der Waals surface area contributed by atoms with Crippen molar-refractivity contribution in [2.45, 2.75) is 65.4 Å². The minimum Gasteiger partial charge on any atom is -0.490 e. The second kappa shape index (κ2) is 10.6. The number of hydrogen-bond acceptors (Lipinski definition) is 4. The summed E-state index contributed by atoms with van der Waals surface area (Å²) in [5, 5.41) is -0.275. The Morgan fingerprint density at radius 1 is 1.31 bits per heavy atom. The monoisotopic (exact) mass is 524 g/mol. The van der Waals surface area contributed by atoms with Crippen LogP contribution in [0.4, 0.5) is 13.2 Å². The number of allylic oxidation sites excluding steroid dienone is 1.